The summed E-state index contributed by atoms with van der Waals surface area (Å²) in [6.45, 7) is 4.85. The Morgan fingerprint density at radius 3 is 2.53 bits per heavy atom. The molecule has 34 heavy (non-hydrogen) atoms. The van der Waals surface area contributed by atoms with E-state index < -0.39 is 23.8 Å². The number of hydrogen-bond acceptors (Lipinski definition) is 4. The van der Waals surface area contributed by atoms with E-state index in [0.29, 0.717) is 22.7 Å². The summed E-state index contributed by atoms with van der Waals surface area (Å²) in [5, 5.41) is 17.0. The van der Waals surface area contributed by atoms with E-state index in [1.807, 2.05) is 19.1 Å². The zero-order valence-electron chi connectivity index (χ0n) is 19.1. The van der Waals surface area contributed by atoms with Gasteiger partial charge in [-0.1, -0.05) is 17.7 Å². The van der Waals surface area contributed by atoms with Gasteiger partial charge in [-0.25, -0.2) is 9.48 Å². The predicted molar refractivity (Wildman–Crippen MR) is 123 cm³/mol. The summed E-state index contributed by atoms with van der Waals surface area (Å²) in [7, 11) is 1.79. The summed E-state index contributed by atoms with van der Waals surface area (Å²) in [4.78, 5) is 11.1. The van der Waals surface area contributed by atoms with Gasteiger partial charge in [-0.2, -0.15) is 18.3 Å². The Hall–Kier alpha value is -3.04. The maximum Gasteiger partial charge on any atom is 0.416 e. The highest BCUT2D eigenvalue weighted by atomic mass is 35.5. The lowest BCUT2D eigenvalue weighted by atomic mass is 9.97. The lowest BCUT2D eigenvalue weighted by Crippen LogP contribution is -2.24. The fraction of sp³-hybridized carbons (Fsp3) is 0.333. The van der Waals surface area contributed by atoms with Crippen LogP contribution in [-0.4, -0.2) is 34.0 Å². The smallest absolute Gasteiger partial charge is 0.416 e. The minimum absolute atomic E-state index is 0.200. The quantitative estimate of drug-likeness (QED) is 0.430. The van der Waals surface area contributed by atoms with Crippen LogP contribution in [0.2, 0.25) is 5.02 Å². The van der Waals surface area contributed by atoms with Gasteiger partial charge in [0.25, 0.3) is 0 Å². The number of hydrogen-bond donors (Lipinski definition) is 2. The summed E-state index contributed by atoms with van der Waals surface area (Å²) in [6, 6.07) is 8.63. The zero-order chi connectivity index (χ0) is 25.2. The van der Waals surface area contributed by atoms with Crippen LogP contribution in [0.15, 0.2) is 42.6 Å². The van der Waals surface area contributed by atoms with Gasteiger partial charge in [0.15, 0.2) is 6.10 Å². The molecule has 0 fully saturated rings. The third kappa shape index (κ3) is 5.37. The van der Waals surface area contributed by atoms with Crippen LogP contribution < -0.4 is 10.1 Å². The first-order valence-electron chi connectivity index (χ1n) is 10.5. The molecule has 2 unspecified atom stereocenters. The van der Waals surface area contributed by atoms with E-state index in [0.717, 1.165) is 29.0 Å². The van der Waals surface area contributed by atoms with Crippen molar-refractivity contribution >= 4 is 17.6 Å². The van der Waals surface area contributed by atoms with Gasteiger partial charge in [0.05, 0.1) is 16.3 Å². The predicted octanol–water partition coefficient (Wildman–Crippen LogP) is 5.52. The normalized spacial score (nSPS) is 13.5. The molecule has 0 amide bonds. The molecule has 0 saturated heterocycles. The summed E-state index contributed by atoms with van der Waals surface area (Å²) in [5.74, 6) is -0.823. The second-order valence-corrected chi connectivity index (χ2v) is 8.35. The minimum Gasteiger partial charge on any atom is -0.479 e. The number of likely N-dealkylation sites (N-methyl/N-ethyl adjacent to an activating group) is 1. The highest BCUT2D eigenvalue weighted by molar-refractivity contribution is 6.32. The standard InChI is InChI=1S/C24H25ClF3N3O3/c1-13-11-16(24(26,27)28)5-7-20(13)31-17(9-10-30-31)12-19(29-4)18-6-8-21(22(25)14(18)2)34-15(3)23(32)33/h5-11,15,19,29H,12H2,1-4H3,(H,32,33). The molecule has 0 aliphatic carbocycles. The van der Waals surface area contributed by atoms with E-state index >= 15 is 0 Å². The first-order chi connectivity index (χ1) is 15.9. The summed E-state index contributed by atoms with van der Waals surface area (Å²) >= 11 is 6.47. The zero-order valence-corrected chi connectivity index (χ0v) is 19.8. The number of carboxylic acid groups (broad SMARTS) is 1. The number of nitrogens with zero attached hydrogens (tertiary/aromatic N) is 2. The van der Waals surface area contributed by atoms with Gasteiger partial charge in [0.2, 0.25) is 0 Å². The Kier molecular flexibility index (Phi) is 7.57. The van der Waals surface area contributed by atoms with E-state index in [2.05, 4.69) is 10.4 Å². The first kappa shape index (κ1) is 25.6. The van der Waals surface area contributed by atoms with Gasteiger partial charge in [0.1, 0.15) is 5.75 Å². The van der Waals surface area contributed by atoms with E-state index in [-0.39, 0.29) is 11.8 Å². The monoisotopic (exact) mass is 495 g/mol. The van der Waals surface area contributed by atoms with Crippen molar-refractivity contribution in [1.82, 2.24) is 15.1 Å². The molecule has 0 aliphatic rings. The molecule has 0 aliphatic heterocycles. The van der Waals surface area contributed by atoms with Crippen molar-refractivity contribution in [3.8, 4) is 11.4 Å². The van der Waals surface area contributed by atoms with Gasteiger partial charge in [-0.05, 0) is 74.8 Å². The number of carboxylic acids is 1. The molecule has 1 aromatic heterocycles. The first-order valence-corrected chi connectivity index (χ1v) is 10.9. The van der Waals surface area contributed by atoms with Crippen LogP contribution in [0, 0.1) is 13.8 Å². The highest BCUT2D eigenvalue weighted by Gasteiger charge is 2.31. The number of aromatic nitrogens is 2. The van der Waals surface area contributed by atoms with Crippen LogP contribution >= 0.6 is 11.6 Å². The number of rotatable bonds is 8. The average Bonchev–Trinajstić information content (AvgIpc) is 3.22. The van der Waals surface area contributed by atoms with Crippen LogP contribution in [0.5, 0.6) is 5.75 Å². The van der Waals surface area contributed by atoms with Crippen LogP contribution in [-0.2, 0) is 17.4 Å². The molecular formula is C24H25ClF3N3O3. The number of aliphatic carboxylic acids is 1. The number of benzene rings is 2. The Morgan fingerprint density at radius 2 is 1.94 bits per heavy atom. The maximum atomic E-state index is 13.1. The van der Waals surface area contributed by atoms with E-state index in [4.69, 9.17) is 21.4 Å². The van der Waals surface area contributed by atoms with Crippen LogP contribution in [0.1, 0.15) is 40.9 Å². The topological polar surface area (TPSA) is 76.4 Å². The van der Waals surface area contributed by atoms with Gasteiger partial charge in [0, 0.05) is 24.4 Å². The third-order valence-electron chi connectivity index (χ3n) is 5.65. The molecule has 2 N–H and O–H groups in total. The largest absolute Gasteiger partial charge is 0.479 e. The number of carbonyl (C=O) groups is 1. The van der Waals surface area contributed by atoms with Gasteiger partial charge < -0.3 is 15.2 Å². The van der Waals surface area contributed by atoms with Gasteiger partial charge in [-0.15, -0.1) is 0 Å². The van der Waals surface area contributed by atoms with Gasteiger partial charge in [-0.3, -0.25) is 0 Å². The number of aryl methyl sites for hydroxylation is 1. The molecule has 182 valence electrons. The Morgan fingerprint density at radius 1 is 1.24 bits per heavy atom. The minimum atomic E-state index is -4.41. The Balaban J connectivity index is 1.90. The second kappa shape index (κ2) is 10.1. The molecule has 0 spiro atoms. The summed E-state index contributed by atoms with van der Waals surface area (Å²) in [6.07, 6.45) is -3.39. The molecule has 3 rings (SSSR count). The van der Waals surface area contributed by atoms with Crippen LogP contribution in [0.4, 0.5) is 13.2 Å². The van der Waals surface area contributed by atoms with Crippen molar-refractivity contribution in [2.75, 3.05) is 7.05 Å². The van der Waals surface area contributed by atoms with Crippen molar-refractivity contribution in [1.29, 1.82) is 0 Å². The van der Waals surface area contributed by atoms with Gasteiger partial charge >= 0.3 is 12.1 Å². The Bertz CT molecular complexity index is 1190. The van der Waals surface area contributed by atoms with Crippen molar-refractivity contribution < 1.29 is 27.8 Å². The third-order valence-corrected chi connectivity index (χ3v) is 6.12. The van der Waals surface area contributed by atoms with Crippen molar-refractivity contribution in [3.63, 3.8) is 0 Å². The number of halogens is 4. The van der Waals surface area contributed by atoms with E-state index in [9.17, 15) is 18.0 Å². The van der Waals surface area contributed by atoms with Crippen LogP contribution in [0.25, 0.3) is 5.69 Å². The molecule has 0 radical (unpaired) electrons. The molecule has 0 saturated carbocycles. The van der Waals surface area contributed by atoms with E-state index in [1.54, 1.807) is 30.9 Å². The van der Waals surface area contributed by atoms with Crippen LogP contribution in [0.3, 0.4) is 0 Å². The SMILES string of the molecule is CNC(Cc1ccnn1-c1ccc(C(F)(F)F)cc1C)c1ccc(OC(C)C(=O)O)c(Cl)c1C. The molecular weight excluding hydrogens is 471 g/mol. The van der Waals surface area contributed by atoms with Crippen molar-refractivity contribution in [2.24, 2.45) is 0 Å². The summed E-state index contributed by atoms with van der Waals surface area (Å²) < 4.78 is 46.2. The lowest BCUT2D eigenvalue weighted by Gasteiger charge is -2.22. The number of ether oxygens (including phenoxy) is 1. The average molecular weight is 496 g/mol. The molecule has 2 aromatic carbocycles. The fourth-order valence-corrected chi connectivity index (χ4v) is 3.95. The van der Waals surface area contributed by atoms with Crippen molar-refractivity contribution in [3.05, 3.63) is 75.6 Å². The maximum absolute atomic E-state index is 13.1. The fourth-order valence-electron chi connectivity index (χ4n) is 3.73. The van der Waals surface area contributed by atoms with Crippen molar-refractivity contribution in [2.45, 2.75) is 45.5 Å². The summed E-state index contributed by atoms with van der Waals surface area (Å²) in [5.41, 5.74) is 2.70. The molecule has 1 heterocycles. The lowest BCUT2D eigenvalue weighted by molar-refractivity contribution is -0.144. The number of nitrogens with one attached hydrogen (secondary N) is 1. The molecule has 0 bridgehead atoms. The molecule has 6 nitrogen and oxygen atoms in total. The second-order valence-electron chi connectivity index (χ2n) is 7.97. The van der Waals surface area contributed by atoms with E-state index in [1.165, 1.54) is 13.0 Å². The molecule has 10 heteroatoms. The highest BCUT2D eigenvalue weighted by Crippen LogP contribution is 2.35. The Labute approximate surface area is 200 Å². The molecule has 3 aromatic rings. The molecule has 2 atom stereocenters. The number of alkyl halides is 3.